The lowest BCUT2D eigenvalue weighted by Gasteiger charge is -2.33. The first-order valence-electron chi connectivity index (χ1n) is 9.23. The molecule has 0 bridgehead atoms. The maximum Gasteiger partial charge on any atom is 0.407 e. The van der Waals surface area contributed by atoms with Gasteiger partial charge in [0.2, 0.25) is 5.91 Å². The number of ether oxygens (including phenoxy) is 1. The fourth-order valence-corrected chi connectivity index (χ4v) is 2.97. The Morgan fingerprint density at radius 3 is 2.38 bits per heavy atom. The Labute approximate surface area is 156 Å². The number of carbonyl (C=O) groups excluding carboxylic acids is 2. The van der Waals surface area contributed by atoms with Crippen molar-refractivity contribution in [1.29, 1.82) is 0 Å². The van der Waals surface area contributed by atoms with E-state index in [1.807, 2.05) is 58.2 Å². The molecule has 1 fully saturated rings. The number of carbonyl (C=O) groups is 2. The van der Waals surface area contributed by atoms with Gasteiger partial charge < -0.3 is 15.0 Å². The number of rotatable bonds is 5. The van der Waals surface area contributed by atoms with Crippen LogP contribution in [-0.4, -0.2) is 60.1 Å². The highest BCUT2D eigenvalue weighted by Gasteiger charge is 2.25. The number of hydrogen-bond acceptors (Lipinski definition) is 4. The first-order valence-corrected chi connectivity index (χ1v) is 9.23. The van der Waals surface area contributed by atoms with Crippen molar-refractivity contribution in [2.75, 3.05) is 26.7 Å². The molecule has 6 heteroatoms. The maximum atomic E-state index is 12.4. The third-order valence-electron chi connectivity index (χ3n) is 4.36. The number of nitrogens with one attached hydrogen (secondary N) is 1. The van der Waals surface area contributed by atoms with Crippen molar-refractivity contribution in [3.05, 3.63) is 35.9 Å². The Morgan fingerprint density at radius 2 is 1.81 bits per heavy atom. The molecule has 0 atom stereocenters. The average Bonchev–Trinajstić information content (AvgIpc) is 2.55. The van der Waals surface area contributed by atoms with Gasteiger partial charge in [-0.15, -0.1) is 0 Å². The Bertz CT molecular complexity index is 590. The second-order valence-corrected chi connectivity index (χ2v) is 7.93. The van der Waals surface area contributed by atoms with E-state index in [1.165, 1.54) is 0 Å². The first kappa shape index (κ1) is 20.2. The van der Waals surface area contributed by atoms with Gasteiger partial charge in [0.15, 0.2) is 0 Å². The summed E-state index contributed by atoms with van der Waals surface area (Å²) in [5.41, 5.74) is 0.643. The molecular formula is C20H31N3O3. The van der Waals surface area contributed by atoms with E-state index in [-0.39, 0.29) is 18.0 Å². The van der Waals surface area contributed by atoms with Crippen LogP contribution >= 0.6 is 0 Å². The summed E-state index contributed by atoms with van der Waals surface area (Å²) in [5, 5.41) is 2.92. The summed E-state index contributed by atoms with van der Waals surface area (Å²) in [5.74, 6) is 0.118. The van der Waals surface area contributed by atoms with Gasteiger partial charge in [-0.2, -0.15) is 0 Å². The minimum absolute atomic E-state index is 0.109. The van der Waals surface area contributed by atoms with Gasteiger partial charge in [-0.05, 0) is 39.2 Å². The zero-order valence-electron chi connectivity index (χ0n) is 16.3. The lowest BCUT2D eigenvalue weighted by atomic mass is 10.1. The van der Waals surface area contributed by atoms with Gasteiger partial charge in [-0.25, -0.2) is 4.79 Å². The summed E-state index contributed by atoms with van der Waals surface area (Å²) >= 11 is 0. The van der Waals surface area contributed by atoms with Crippen molar-refractivity contribution < 1.29 is 14.3 Å². The molecule has 2 amide bonds. The lowest BCUT2D eigenvalue weighted by Crippen LogP contribution is -2.48. The normalized spacial score (nSPS) is 16.2. The molecule has 1 aliphatic heterocycles. The third kappa shape index (κ3) is 7.04. The number of piperidine rings is 1. The van der Waals surface area contributed by atoms with Crippen molar-refractivity contribution in [1.82, 2.24) is 15.1 Å². The molecule has 0 unspecified atom stereocenters. The Morgan fingerprint density at radius 1 is 1.19 bits per heavy atom. The van der Waals surface area contributed by atoms with Crippen molar-refractivity contribution in [2.24, 2.45) is 0 Å². The molecule has 0 aromatic heterocycles. The van der Waals surface area contributed by atoms with Crippen molar-refractivity contribution in [3.63, 3.8) is 0 Å². The van der Waals surface area contributed by atoms with E-state index in [0.717, 1.165) is 31.5 Å². The summed E-state index contributed by atoms with van der Waals surface area (Å²) in [6.45, 7) is 8.20. The second-order valence-electron chi connectivity index (χ2n) is 7.93. The number of likely N-dealkylation sites (N-methyl/N-ethyl adjacent to an activating group) is 1. The van der Waals surface area contributed by atoms with E-state index >= 15 is 0 Å². The predicted molar refractivity (Wildman–Crippen MR) is 102 cm³/mol. The zero-order chi connectivity index (χ0) is 19.2. The highest BCUT2D eigenvalue weighted by atomic mass is 16.6. The van der Waals surface area contributed by atoms with Crippen LogP contribution in [0, 0.1) is 0 Å². The summed E-state index contributed by atoms with van der Waals surface area (Å²) in [4.78, 5) is 28.2. The van der Waals surface area contributed by atoms with E-state index in [4.69, 9.17) is 4.74 Å². The third-order valence-corrected chi connectivity index (χ3v) is 4.36. The molecule has 1 N–H and O–H groups in total. The van der Waals surface area contributed by atoms with Gasteiger partial charge in [0.1, 0.15) is 5.60 Å². The van der Waals surface area contributed by atoms with Crippen LogP contribution in [0.5, 0.6) is 0 Å². The van der Waals surface area contributed by atoms with Gasteiger partial charge in [0.25, 0.3) is 0 Å². The number of alkyl carbamates (subject to hydrolysis) is 1. The zero-order valence-corrected chi connectivity index (χ0v) is 16.3. The van der Waals surface area contributed by atoms with Gasteiger partial charge in [-0.3, -0.25) is 9.69 Å². The van der Waals surface area contributed by atoms with E-state index in [1.54, 1.807) is 4.90 Å². The molecule has 26 heavy (non-hydrogen) atoms. The van der Waals surface area contributed by atoms with Crippen LogP contribution in [0.4, 0.5) is 4.79 Å². The van der Waals surface area contributed by atoms with Crippen molar-refractivity contribution in [2.45, 2.75) is 51.8 Å². The van der Waals surface area contributed by atoms with E-state index in [2.05, 4.69) is 10.2 Å². The monoisotopic (exact) mass is 361 g/mol. The molecule has 1 aromatic rings. The van der Waals surface area contributed by atoms with Gasteiger partial charge >= 0.3 is 6.09 Å². The second kappa shape index (κ2) is 9.03. The average molecular weight is 361 g/mol. The smallest absolute Gasteiger partial charge is 0.407 e. The van der Waals surface area contributed by atoms with Crippen molar-refractivity contribution >= 4 is 12.0 Å². The summed E-state index contributed by atoms with van der Waals surface area (Å²) in [7, 11) is 1.84. The molecule has 2 rings (SSSR count). The minimum Gasteiger partial charge on any atom is -0.444 e. The quantitative estimate of drug-likeness (QED) is 0.876. The SMILES string of the molecule is CN(Cc1ccccc1)C(=O)CN1CCC(NC(=O)OC(C)(C)C)CC1. The van der Waals surface area contributed by atoms with Crippen LogP contribution in [0.3, 0.4) is 0 Å². The molecule has 0 spiro atoms. The van der Waals surface area contributed by atoms with Gasteiger partial charge in [0.05, 0.1) is 6.54 Å². The van der Waals surface area contributed by atoms with Crippen LogP contribution in [0.2, 0.25) is 0 Å². The maximum absolute atomic E-state index is 12.4. The molecule has 1 saturated heterocycles. The molecule has 0 aliphatic carbocycles. The highest BCUT2D eigenvalue weighted by molar-refractivity contribution is 5.78. The number of amides is 2. The number of hydrogen-bond donors (Lipinski definition) is 1. The Hall–Kier alpha value is -2.08. The Kier molecular flexibility index (Phi) is 7.03. The molecule has 1 aromatic carbocycles. The molecule has 0 radical (unpaired) electrons. The topological polar surface area (TPSA) is 61.9 Å². The van der Waals surface area contributed by atoms with Gasteiger partial charge in [-0.1, -0.05) is 30.3 Å². The molecule has 6 nitrogen and oxygen atoms in total. The number of likely N-dealkylation sites (tertiary alicyclic amines) is 1. The molecule has 1 aliphatic rings. The summed E-state index contributed by atoms with van der Waals surface area (Å²) in [6, 6.07) is 10.1. The fourth-order valence-electron chi connectivity index (χ4n) is 2.97. The number of benzene rings is 1. The van der Waals surface area contributed by atoms with Crippen LogP contribution in [0.25, 0.3) is 0 Å². The molecule has 144 valence electrons. The summed E-state index contributed by atoms with van der Waals surface area (Å²) in [6.07, 6.45) is 1.29. The standard InChI is InChI=1S/C20H31N3O3/c1-20(2,3)26-19(25)21-17-10-12-23(13-11-17)15-18(24)22(4)14-16-8-6-5-7-9-16/h5-9,17H,10-15H2,1-4H3,(H,21,25). The molecule has 1 heterocycles. The lowest BCUT2D eigenvalue weighted by molar-refractivity contribution is -0.132. The molecular weight excluding hydrogens is 330 g/mol. The fraction of sp³-hybridized carbons (Fsp3) is 0.600. The summed E-state index contributed by atoms with van der Waals surface area (Å²) < 4.78 is 5.30. The Balaban J connectivity index is 1.71. The number of nitrogens with zero attached hydrogens (tertiary/aromatic N) is 2. The van der Waals surface area contributed by atoms with E-state index in [0.29, 0.717) is 13.1 Å². The largest absolute Gasteiger partial charge is 0.444 e. The first-order chi connectivity index (χ1) is 12.2. The van der Waals surface area contributed by atoms with Crippen LogP contribution < -0.4 is 5.32 Å². The van der Waals surface area contributed by atoms with Crippen molar-refractivity contribution in [3.8, 4) is 0 Å². The van der Waals surface area contributed by atoms with Crippen LogP contribution in [-0.2, 0) is 16.1 Å². The highest BCUT2D eigenvalue weighted by Crippen LogP contribution is 2.13. The van der Waals surface area contributed by atoms with E-state index in [9.17, 15) is 9.59 Å². The molecule has 0 saturated carbocycles. The van der Waals surface area contributed by atoms with Crippen LogP contribution in [0.15, 0.2) is 30.3 Å². The predicted octanol–water partition coefficient (Wildman–Crippen LogP) is 2.63. The van der Waals surface area contributed by atoms with Crippen LogP contribution in [0.1, 0.15) is 39.2 Å². The van der Waals surface area contributed by atoms with E-state index < -0.39 is 5.60 Å². The minimum atomic E-state index is -0.486. The van der Waals surface area contributed by atoms with Gasteiger partial charge in [0, 0.05) is 32.7 Å².